The van der Waals surface area contributed by atoms with Gasteiger partial charge in [-0.3, -0.25) is 9.69 Å². The van der Waals surface area contributed by atoms with Gasteiger partial charge in [0.15, 0.2) is 5.78 Å². The number of carbonyl (C=O) groups excluding carboxylic acids is 1. The molecule has 1 aromatic rings. The number of halogens is 1. The summed E-state index contributed by atoms with van der Waals surface area (Å²) < 4.78 is 5.21. The summed E-state index contributed by atoms with van der Waals surface area (Å²) in [5.41, 5.74) is 1.51. The van der Waals surface area contributed by atoms with Crippen molar-refractivity contribution in [2.45, 2.75) is 10.9 Å². The first-order valence-corrected chi connectivity index (χ1v) is 7.99. The average molecular weight is 348 g/mol. The minimum absolute atomic E-state index is 0.0865. The fourth-order valence-corrected chi connectivity index (χ4v) is 3.35. The van der Waals surface area contributed by atoms with Gasteiger partial charge in [0.1, 0.15) is 0 Å². The van der Waals surface area contributed by atoms with E-state index in [9.17, 15) is 4.79 Å². The predicted octanol–water partition coefficient (Wildman–Crippen LogP) is 3.18. The first kappa shape index (κ1) is 14.7. The molecule has 21 heavy (non-hydrogen) atoms. The molecule has 0 bridgehead atoms. The Morgan fingerprint density at radius 1 is 1.19 bits per heavy atom. The number of alkyl halides is 1. The minimum atomic E-state index is -0.183. The molecule has 1 aliphatic carbocycles. The van der Waals surface area contributed by atoms with Crippen molar-refractivity contribution in [1.29, 1.82) is 0 Å². The molecule has 1 unspecified atom stereocenters. The van der Waals surface area contributed by atoms with Crippen LogP contribution < -0.4 is 0 Å². The molecule has 1 aromatic carbocycles. The van der Waals surface area contributed by atoms with Crippen LogP contribution in [0.25, 0.3) is 0 Å². The van der Waals surface area contributed by atoms with Crippen molar-refractivity contribution in [2.75, 3.05) is 26.3 Å². The Hall–Kier alpha value is -1.23. The van der Waals surface area contributed by atoms with E-state index in [2.05, 4.69) is 26.9 Å². The molecule has 3 nitrogen and oxygen atoms in total. The van der Waals surface area contributed by atoms with Crippen LogP contribution in [0.4, 0.5) is 0 Å². The maximum absolute atomic E-state index is 12.4. The SMILES string of the molecule is O=C(C1=CCC(Br)(N2CCOCC2)C=C1)c1ccccc1. The molecule has 0 N–H and O–H groups in total. The van der Waals surface area contributed by atoms with E-state index in [0.717, 1.165) is 43.9 Å². The number of Topliss-reactive ketones (excluding diaryl/α,β-unsaturated/α-hetero) is 1. The van der Waals surface area contributed by atoms with Crippen LogP contribution in [0.2, 0.25) is 0 Å². The first-order chi connectivity index (χ1) is 10.2. The summed E-state index contributed by atoms with van der Waals surface area (Å²) in [5.74, 6) is 0.0865. The number of ketones is 1. The standard InChI is InChI=1S/C17H18BrNO2/c18-17(19-10-12-21-13-11-19)8-6-15(7-9-17)16(20)14-4-2-1-3-5-14/h1-8H,9-13H2. The summed E-state index contributed by atoms with van der Waals surface area (Å²) in [6, 6.07) is 9.42. The van der Waals surface area contributed by atoms with Crippen LogP contribution in [0.3, 0.4) is 0 Å². The number of morpholine rings is 1. The number of nitrogens with zero attached hydrogens (tertiary/aromatic N) is 1. The third-order valence-corrected chi connectivity index (χ3v) is 5.05. The number of carbonyl (C=O) groups is 1. The summed E-state index contributed by atoms with van der Waals surface area (Å²) in [7, 11) is 0. The smallest absolute Gasteiger partial charge is 0.192 e. The molecular weight excluding hydrogens is 330 g/mol. The van der Waals surface area contributed by atoms with Crippen molar-refractivity contribution in [3.8, 4) is 0 Å². The zero-order chi connectivity index (χ0) is 14.7. The van der Waals surface area contributed by atoms with Crippen molar-refractivity contribution in [3.63, 3.8) is 0 Å². The molecule has 3 rings (SSSR count). The Labute approximate surface area is 133 Å². The topological polar surface area (TPSA) is 29.5 Å². The first-order valence-electron chi connectivity index (χ1n) is 7.20. The summed E-state index contributed by atoms with van der Waals surface area (Å²) in [6.45, 7) is 3.35. The fraction of sp³-hybridized carbons (Fsp3) is 0.353. The van der Waals surface area contributed by atoms with Gasteiger partial charge < -0.3 is 4.74 Å². The Bertz CT molecular complexity index is 576. The molecule has 1 fully saturated rings. The highest BCUT2D eigenvalue weighted by Gasteiger charge is 2.33. The second-order valence-electron chi connectivity index (χ2n) is 5.31. The molecule has 4 heteroatoms. The van der Waals surface area contributed by atoms with Gasteiger partial charge in [-0.1, -0.05) is 64.5 Å². The maximum atomic E-state index is 12.4. The van der Waals surface area contributed by atoms with Crippen LogP contribution >= 0.6 is 15.9 Å². The summed E-state index contributed by atoms with van der Waals surface area (Å²) in [5, 5.41) is 0. The van der Waals surface area contributed by atoms with E-state index in [-0.39, 0.29) is 10.2 Å². The van der Waals surface area contributed by atoms with Crippen molar-refractivity contribution in [3.05, 3.63) is 59.7 Å². The lowest BCUT2D eigenvalue weighted by molar-refractivity contribution is 0.0200. The number of ether oxygens (including phenoxy) is 1. The van der Waals surface area contributed by atoms with Crippen LogP contribution in [0.1, 0.15) is 16.8 Å². The molecule has 1 heterocycles. The van der Waals surface area contributed by atoms with Gasteiger partial charge in [-0.2, -0.15) is 0 Å². The average Bonchev–Trinajstić information content (AvgIpc) is 2.57. The van der Waals surface area contributed by atoms with E-state index in [1.54, 1.807) is 0 Å². The van der Waals surface area contributed by atoms with Crippen molar-refractivity contribution in [1.82, 2.24) is 4.90 Å². The second-order valence-corrected chi connectivity index (χ2v) is 6.68. The second kappa shape index (κ2) is 6.26. The Morgan fingerprint density at radius 3 is 2.52 bits per heavy atom. The third-order valence-electron chi connectivity index (χ3n) is 3.96. The molecule has 0 aromatic heterocycles. The molecular formula is C17H18BrNO2. The molecule has 110 valence electrons. The minimum Gasteiger partial charge on any atom is -0.379 e. The van der Waals surface area contributed by atoms with Gasteiger partial charge in [0.05, 0.1) is 17.7 Å². The van der Waals surface area contributed by atoms with Crippen LogP contribution in [0.15, 0.2) is 54.1 Å². The summed E-state index contributed by atoms with van der Waals surface area (Å²) in [4.78, 5) is 14.8. The molecule has 1 saturated heterocycles. The summed E-state index contributed by atoms with van der Waals surface area (Å²) in [6.07, 6.45) is 6.84. The lowest BCUT2D eigenvalue weighted by Crippen LogP contribution is -2.49. The van der Waals surface area contributed by atoms with Gasteiger partial charge >= 0.3 is 0 Å². The van der Waals surface area contributed by atoms with E-state index < -0.39 is 0 Å². The van der Waals surface area contributed by atoms with Crippen LogP contribution in [-0.4, -0.2) is 41.4 Å². The predicted molar refractivity (Wildman–Crippen MR) is 86.7 cm³/mol. The zero-order valence-corrected chi connectivity index (χ0v) is 13.4. The van der Waals surface area contributed by atoms with Gasteiger partial charge in [-0.15, -0.1) is 0 Å². The van der Waals surface area contributed by atoms with Gasteiger partial charge in [-0.25, -0.2) is 0 Å². The van der Waals surface area contributed by atoms with Crippen molar-refractivity contribution >= 4 is 21.7 Å². The molecule has 0 amide bonds. The number of allylic oxidation sites excluding steroid dienone is 2. The zero-order valence-electron chi connectivity index (χ0n) is 11.8. The third kappa shape index (κ3) is 3.18. The van der Waals surface area contributed by atoms with Gasteiger partial charge in [-0.05, 0) is 6.42 Å². The van der Waals surface area contributed by atoms with E-state index in [4.69, 9.17) is 4.74 Å². The number of benzene rings is 1. The molecule has 0 spiro atoms. The monoisotopic (exact) mass is 347 g/mol. The molecule has 0 saturated carbocycles. The van der Waals surface area contributed by atoms with Crippen LogP contribution in [0.5, 0.6) is 0 Å². The number of hydrogen-bond acceptors (Lipinski definition) is 3. The highest BCUT2D eigenvalue weighted by molar-refractivity contribution is 9.10. The summed E-state index contributed by atoms with van der Waals surface area (Å²) >= 11 is 3.82. The Balaban J connectivity index is 1.72. The molecule has 1 aliphatic heterocycles. The van der Waals surface area contributed by atoms with Gasteiger partial charge in [0, 0.05) is 24.2 Å². The normalized spacial score (nSPS) is 26.4. The lowest BCUT2D eigenvalue weighted by Gasteiger charge is -2.40. The molecule has 2 aliphatic rings. The number of rotatable bonds is 3. The maximum Gasteiger partial charge on any atom is 0.192 e. The van der Waals surface area contributed by atoms with E-state index in [0.29, 0.717) is 0 Å². The van der Waals surface area contributed by atoms with Gasteiger partial charge in [0.25, 0.3) is 0 Å². The van der Waals surface area contributed by atoms with Gasteiger partial charge in [0.2, 0.25) is 0 Å². The highest BCUT2D eigenvalue weighted by atomic mass is 79.9. The largest absolute Gasteiger partial charge is 0.379 e. The van der Waals surface area contributed by atoms with E-state index in [1.165, 1.54) is 0 Å². The van der Waals surface area contributed by atoms with E-state index >= 15 is 0 Å². The van der Waals surface area contributed by atoms with Crippen molar-refractivity contribution in [2.24, 2.45) is 0 Å². The van der Waals surface area contributed by atoms with Crippen molar-refractivity contribution < 1.29 is 9.53 Å². The Morgan fingerprint density at radius 2 is 1.90 bits per heavy atom. The highest BCUT2D eigenvalue weighted by Crippen LogP contribution is 2.34. The lowest BCUT2D eigenvalue weighted by atomic mass is 9.95. The number of hydrogen-bond donors (Lipinski definition) is 0. The quantitative estimate of drug-likeness (QED) is 0.477. The Kier molecular flexibility index (Phi) is 4.38. The molecule has 1 atom stereocenters. The molecule has 0 radical (unpaired) electrons. The fourth-order valence-electron chi connectivity index (χ4n) is 2.70. The van der Waals surface area contributed by atoms with Crippen LogP contribution in [0, 0.1) is 0 Å². The van der Waals surface area contributed by atoms with E-state index in [1.807, 2.05) is 42.5 Å². The van der Waals surface area contributed by atoms with Crippen LogP contribution in [-0.2, 0) is 4.74 Å².